The van der Waals surface area contributed by atoms with Crippen molar-refractivity contribution < 1.29 is 13.6 Å². The van der Waals surface area contributed by atoms with Crippen molar-refractivity contribution >= 4 is 23.4 Å². The Morgan fingerprint density at radius 3 is 2.59 bits per heavy atom. The first-order valence-corrected chi connectivity index (χ1v) is 13.6. The van der Waals surface area contributed by atoms with Crippen molar-refractivity contribution in [3.63, 3.8) is 0 Å². The fourth-order valence-corrected chi connectivity index (χ4v) is 6.52. The van der Waals surface area contributed by atoms with E-state index in [0.717, 1.165) is 25.9 Å². The van der Waals surface area contributed by atoms with E-state index in [1.807, 2.05) is 0 Å². The third-order valence-corrected chi connectivity index (χ3v) is 8.57. The number of halogens is 2. The number of carbonyl (C=O) groups excluding carboxylic acids is 1. The third kappa shape index (κ3) is 6.63. The number of benzene rings is 1. The molecule has 1 aromatic carbocycles. The van der Waals surface area contributed by atoms with Crippen LogP contribution in [0.3, 0.4) is 0 Å². The molecule has 2 unspecified atom stereocenters. The average Bonchev–Trinajstić information content (AvgIpc) is 3.20. The molecule has 0 radical (unpaired) electrons. The van der Waals surface area contributed by atoms with E-state index in [1.54, 1.807) is 17.0 Å². The van der Waals surface area contributed by atoms with Crippen molar-refractivity contribution in [1.29, 1.82) is 0 Å². The molecule has 4 nitrogen and oxygen atoms in total. The maximum absolute atomic E-state index is 13.3. The lowest BCUT2D eigenvalue weighted by Gasteiger charge is -2.22. The predicted octanol–water partition coefficient (Wildman–Crippen LogP) is 5.89. The lowest BCUT2D eigenvalue weighted by Crippen LogP contribution is -2.32. The van der Waals surface area contributed by atoms with Gasteiger partial charge < -0.3 is 16.0 Å². The molecule has 2 heterocycles. The maximum atomic E-state index is 13.3. The zero-order valence-corrected chi connectivity index (χ0v) is 20.9. The molecule has 3 N–H and O–H groups in total. The third-order valence-electron chi connectivity index (χ3n) is 7.30. The van der Waals surface area contributed by atoms with E-state index in [4.69, 9.17) is 0 Å². The molecule has 186 valence electrons. The van der Waals surface area contributed by atoms with Crippen LogP contribution in [0.25, 0.3) is 0 Å². The Kier molecular flexibility index (Phi) is 8.35. The van der Waals surface area contributed by atoms with Crippen LogP contribution < -0.4 is 16.0 Å². The van der Waals surface area contributed by atoms with E-state index in [1.165, 1.54) is 56.4 Å². The summed E-state index contributed by atoms with van der Waals surface area (Å²) in [7, 11) is 0. The number of hydrogen-bond acceptors (Lipinski definition) is 4. The van der Waals surface area contributed by atoms with Crippen molar-refractivity contribution in [2.45, 2.75) is 51.4 Å². The summed E-state index contributed by atoms with van der Waals surface area (Å²) in [5, 5.41) is 9.08. The molecule has 3 fully saturated rings. The van der Waals surface area contributed by atoms with Gasteiger partial charge in [-0.2, -0.15) is 0 Å². The van der Waals surface area contributed by atoms with Crippen LogP contribution in [-0.4, -0.2) is 31.3 Å². The number of carbonyl (C=O) groups is 1. The standard InChI is InChI=1S/C17H21F2N3O.C10H16S/c1-10(7-21-16(23)15-13-8-20-9-14(13)15)22-12-5-3-4-11(6-12)17(2,18)19;1-2-5-9(6-3-1)10-7-4-8-11-10/h3-6,13-15,20,22H,1,7-9H2,2H3,(H,21,23);7,9H,1-6,8H2. The van der Waals surface area contributed by atoms with E-state index < -0.39 is 5.92 Å². The zero-order chi connectivity index (χ0) is 24.1. The summed E-state index contributed by atoms with van der Waals surface area (Å²) in [4.78, 5) is 13.8. The molecule has 1 amide bonds. The topological polar surface area (TPSA) is 53.2 Å². The lowest BCUT2D eigenvalue weighted by molar-refractivity contribution is -0.122. The Labute approximate surface area is 206 Å². The Morgan fingerprint density at radius 1 is 1.21 bits per heavy atom. The van der Waals surface area contributed by atoms with Crippen LogP contribution in [0.1, 0.15) is 51.0 Å². The first-order chi connectivity index (χ1) is 16.3. The van der Waals surface area contributed by atoms with Gasteiger partial charge in [0.25, 0.3) is 5.92 Å². The Bertz CT molecular complexity index is 897. The van der Waals surface area contributed by atoms with Crippen LogP contribution in [-0.2, 0) is 10.7 Å². The smallest absolute Gasteiger partial charge is 0.270 e. The van der Waals surface area contributed by atoms with E-state index >= 15 is 0 Å². The summed E-state index contributed by atoms with van der Waals surface area (Å²) >= 11 is 2.11. The van der Waals surface area contributed by atoms with Gasteiger partial charge in [0, 0.05) is 35.5 Å². The van der Waals surface area contributed by atoms with Crippen molar-refractivity contribution in [3.8, 4) is 0 Å². The van der Waals surface area contributed by atoms with E-state index in [9.17, 15) is 13.6 Å². The number of amides is 1. The van der Waals surface area contributed by atoms with Gasteiger partial charge in [-0.15, -0.1) is 11.8 Å². The number of piperidine rings is 1. The highest BCUT2D eigenvalue weighted by Crippen LogP contribution is 2.48. The van der Waals surface area contributed by atoms with Crippen LogP contribution in [0.15, 0.2) is 47.5 Å². The van der Waals surface area contributed by atoms with Gasteiger partial charge in [0.15, 0.2) is 0 Å². The average molecular weight is 490 g/mol. The number of nitrogens with one attached hydrogen (secondary N) is 3. The number of anilines is 1. The minimum atomic E-state index is -2.88. The van der Waals surface area contributed by atoms with E-state index in [2.05, 4.69) is 40.4 Å². The highest BCUT2D eigenvalue weighted by Gasteiger charge is 2.56. The summed E-state index contributed by atoms with van der Waals surface area (Å²) in [5.41, 5.74) is 1.05. The minimum absolute atomic E-state index is 0.0540. The maximum Gasteiger partial charge on any atom is 0.270 e. The zero-order valence-electron chi connectivity index (χ0n) is 20.0. The van der Waals surface area contributed by atoms with Crippen LogP contribution in [0, 0.1) is 23.7 Å². The summed E-state index contributed by atoms with van der Waals surface area (Å²) in [5.74, 6) is 0.553. The second-order valence-electron chi connectivity index (χ2n) is 10.0. The number of thioether (sulfide) groups is 1. The predicted molar refractivity (Wildman–Crippen MR) is 137 cm³/mol. The number of alkyl halides is 2. The Hall–Kier alpha value is -1.86. The normalized spacial score (nSPS) is 26.1. The molecule has 2 atom stereocenters. The lowest BCUT2D eigenvalue weighted by atomic mass is 9.89. The van der Waals surface area contributed by atoms with Gasteiger partial charge in [-0.05, 0) is 67.1 Å². The second kappa shape index (κ2) is 11.3. The van der Waals surface area contributed by atoms with Crippen molar-refractivity contribution in [2.24, 2.45) is 23.7 Å². The fourth-order valence-electron chi connectivity index (χ4n) is 5.35. The minimum Gasteiger partial charge on any atom is -0.358 e. The molecule has 4 aliphatic rings. The number of fused-ring (bicyclic) bond motifs is 1. The highest BCUT2D eigenvalue weighted by molar-refractivity contribution is 8.03. The first kappa shape index (κ1) is 25.2. The van der Waals surface area contributed by atoms with Crippen molar-refractivity contribution in [2.75, 3.05) is 30.7 Å². The number of rotatable bonds is 7. The number of allylic oxidation sites excluding steroid dienone is 2. The number of hydrogen-bond donors (Lipinski definition) is 3. The van der Waals surface area contributed by atoms with Crippen LogP contribution in [0.2, 0.25) is 0 Å². The van der Waals surface area contributed by atoms with Crippen LogP contribution >= 0.6 is 11.8 Å². The van der Waals surface area contributed by atoms with Gasteiger partial charge in [0.1, 0.15) is 0 Å². The Morgan fingerprint density at radius 2 is 1.94 bits per heavy atom. The van der Waals surface area contributed by atoms with Gasteiger partial charge in [0.05, 0.1) is 6.54 Å². The largest absolute Gasteiger partial charge is 0.358 e. The Balaban J connectivity index is 0.000000207. The SMILES string of the molecule is C1=C(C2CCCCC2)SCC1.C=C(CNC(=O)C1C2CNCC21)Nc1cccc(C(C)(F)F)c1. The highest BCUT2D eigenvalue weighted by atomic mass is 32.2. The fraction of sp³-hybridized carbons (Fsp3) is 0.593. The van der Waals surface area contributed by atoms with Gasteiger partial charge >= 0.3 is 0 Å². The van der Waals surface area contributed by atoms with Gasteiger partial charge in [-0.3, -0.25) is 4.79 Å². The van der Waals surface area contributed by atoms with Crippen LogP contribution in [0.4, 0.5) is 14.5 Å². The van der Waals surface area contributed by atoms with Gasteiger partial charge in [-0.1, -0.05) is 44.1 Å². The molecule has 7 heteroatoms. The van der Waals surface area contributed by atoms with E-state index in [0.29, 0.717) is 23.2 Å². The van der Waals surface area contributed by atoms with Crippen molar-refractivity contribution in [3.05, 3.63) is 53.1 Å². The molecule has 0 spiro atoms. The van der Waals surface area contributed by atoms with Gasteiger partial charge in [-0.25, -0.2) is 8.78 Å². The molecular weight excluding hydrogens is 452 g/mol. The molecular formula is C27H37F2N3OS. The summed E-state index contributed by atoms with van der Waals surface area (Å²) < 4.78 is 26.6. The molecule has 34 heavy (non-hydrogen) atoms. The quantitative estimate of drug-likeness (QED) is 0.447. The monoisotopic (exact) mass is 489 g/mol. The molecule has 0 bridgehead atoms. The molecule has 0 aromatic heterocycles. The molecule has 2 aliphatic carbocycles. The summed E-state index contributed by atoms with van der Waals surface area (Å²) in [6.07, 6.45) is 11.2. The molecule has 5 rings (SSSR count). The second-order valence-corrected chi connectivity index (χ2v) is 11.2. The van der Waals surface area contributed by atoms with Crippen LogP contribution in [0.5, 0.6) is 0 Å². The summed E-state index contributed by atoms with van der Waals surface area (Å²) in [6.45, 7) is 6.82. The summed E-state index contributed by atoms with van der Waals surface area (Å²) in [6, 6.07) is 6.04. The van der Waals surface area contributed by atoms with Gasteiger partial charge in [0.2, 0.25) is 5.91 Å². The molecule has 1 aromatic rings. The molecule has 2 aliphatic heterocycles. The van der Waals surface area contributed by atoms with E-state index in [-0.39, 0.29) is 23.9 Å². The van der Waals surface area contributed by atoms with Crippen molar-refractivity contribution in [1.82, 2.24) is 10.6 Å². The molecule has 1 saturated heterocycles. The first-order valence-electron chi connectivity index (χ1n) is 12.6. The molecule has 2 saturated carbocycles.